The quantitative estimate of drug-likeness (QED) is 0.667. The zero-order chi connectivity index (χ0) is 19.1. The third-order valence-corrected chi connectivity index (χ3v) is 4.50. The lowest BCUT2D eigenvalue weighted by Gasteiger charge is -2.12. The van der Waals surface area contributed by atoms with Crippen LogP contribution in [0.4, 0.5) is 8.78 Å². The third kappa shape index (κ3) is 2.99. The minimum absolute atomic E-state index is 0.0714. The number of ketones is 1. The number of carboxylic acids is 1. The monoisotopic (exact) mass is 373 g/mol. The average molecular weight is 373 g/mol. The molecule has 3 aromatic rings. The molecule has 1 aromatic heterocycles. The van der Waals surface area contributed by atoms with Crippen molar-refractivity contribution in [1.82, 2.24) is 4.98 Å². The Morgan fingerprint density at radius 1 is 1.15 bits per heavy atom. The number of aromatic nitrogens is 1. The lowest BCUT2D eigenvalue weighted by atomic mass is 9.91. The number of carbonyl (C=O) groups is 2. The smallest absolute Gasteiger partial charge is 0.311 e. The lowest BCUT2D eigenvalue weighted by molar-refractivity contribution is -0.138. The number of halogens is 2. The van der Waals surface area contributed by atoms with E-state index in [2.05, 4.69) is 4.98 Å². The van der Waals surface area contributed by atoms with Crippen molar-refractivity contribution < 1.29 is 33.0 Å². The molecule has 27 heavy (non-hydrogen) atoms. The summed E-state index contributed by atoms with van der Waals surface area (Å²) in [5.74, 6) is -4.00. The van der Waals surface area contributed by atoms with Crippen LogP contribution in [0.15, 0.2) is 36.5 Å². The Balaban J connectivity index is 1.70. The number of rotatable bonds is 5. The number of aliphatic carboxylic acids is 1. The van der Waals surface area contributed by atoms with Gasteiger partial charge in [0, 0.05) is 35.7 Å². The van der Waals surface area contributed by atoms with Crippen LogP contribution in [0.1, 0.15) is 28.3 Å². The van der Waals surface area contributed by atoms with E-state index >= 15 is 0 Å². The van der Waals surface area contributed by atoms with E-state index < -0.39 is 35.7 Å². The van der Waals surface area contributed by atoms with E-state index in [4.69, 9.17) is 9.47 Å². The van der Waals surface area contributed by atoms with Gasteiger partial charge in [-0.1, -0.05) is 0 Å². The summed E-state index contributed by atoms with van der Waals surface area (Å²) in [6.07, 6.45) is 1.02. The number of aromatic amines is 1. The van der Waals surface area contributed by atoms with Crippen LogP contribution in [-0.2, 0) is 4.79 Å². The minimum Gasteiger partial charge on any atom is -0.481 e. The first-order chi connectivity index (χ1) is 12.9. The molecule has 0 aliphatic carbocycles. The van der Waals surface area contributed by atoms with Gasteiger partial charge in [0.2, 0.25) is 6.79 Å². The van der Waals surface area contributed by atoms with E-state index in [1.165, 1.54) is 6.20 Å². The molecule has 0 amide bonds. The lowest BCUT2D eigenvalue weighted by Crippen LogP contribution is -2.17. The molecule has 1 atom stereocenters. The Morgan fingerprint density at radius 2 is 1.89 bits per heavy atom. The number of Topliss-reactive ketones (excluding diaryl/α,β-unsaturated/α-hetero) is 1. The summed E-state index contributed by atoms with van der Waals surface area (Å²) in [6, 6.07) is 5.89. The summed E-state index contributed by atoms with van der Waals surface area (Å²) in [4.78, 5) is 27.2. The summed E-state index contributed by atoms with van der Waals surface area (Å²) < 4.78 is 37.5. The molecule has 0 fully saturated rings. The predicted molar refractivity (Wildman–Crippen MR) is 90.1 cm³/mol. The van der Waals surface area contributed by atoms with Crippen molar-refractivity contribution in [2.75, 3.05) is 6.79 Å². The Hall–Kier alpha value is -3.42. The minimum atomic E-state index is -1.23. The van der Waals surface area contributed by atoms with E-state index in [9.17, 15) is 23.5 Å². The van der Waals surface area contributed by atoms with Crippen LogP contribution in [0.2, 0.25) is 0 Å². The molecule has 6 nitrogen and oxygen atoms in total. The number of nitrogens with one attached hydrogen (secondary N) is 1. The molecule has 1 unspecified atom stereocenters. The summed E-state index contributed by atoms with van der Waals surface area (Å²) in [5, 5.41) is 10.2. The molecule has 1 aliphatic rings. The molecule has 0 saturated heterocycles. The van der Waals surface area contributed by atoms with Crippen molar-refractivity contribution in [3.05, 3.63) is 59.3 Å². The predicted octanol–water partition coefficient (Wildman–Crippen LogP) is 3.62. The SMILES string of the molecule is O=C(CC(C(=O)O)c1c[nH]c2cc3c(cc12)OCO3)c1ccc(F)cc1F. The summed E-state index contributed by atoms with van der Waals surface area (Å²) >= 11 is 0. The Labute approximate surface area is 151 Å². The molecule has 138 valence electrons. The highest BCUT2D eigenvalue weighted by Crippen LogP contribution is 2.39. The van der Waals surface area contributed by atoms with Crippen molar-refractivity contribution in [2.45, 2.75) is 12.3 Å². The summed E-state index contributed by atoms with van der Waals surface area (Å²) in [5.41, 5.74) is 0.646. The molecule has 8 heteroatoms. The molecule has 2 aromatic carbocycles. The van der Waals surface area contributed by atoms with Crippen LogP contribution < -0.4 is 9.47 Å². The fourth-order valence-electron chi connectivity index (χ4n) is 3.16. The van der Waals surface area contributed by atoms with Gasteiger partial charge in [-0.3, -0.25) is 9.59 Å². The largest absolute Gasteiger partial charge is 0.481 e. The Morgan fingerprint density at radius 3 is 2.59 bits per heavy atom. The molecular weight excluding hydrogens is 360 g/mol. The van der Waals surface area contributed by atoms with Gasteiger partial charge in [0.05, 0.1) is 11.5 Å². The van der Waals surface area contributed by atoms with Crippen molar-refractivity contribution in [3.8, 4) is 11.5 Å². The highest BCUT2D eigenvalue weighted by atomic mass is 19.1. The van der Waals surface area contributed by atoms with Gasteiger partial charge in [0.25, 0.3) is 0 Å². The first-order valence-corrected chi connectivity index (χ1v) is 8.05. The molecule has 0 saturated carbocycles. The van der Waals surface area contributed by atoms with Gasteiger partial charge < -0.3 is 19.6 Å². The zero-order valence-corrected chi connectivity index (χ0v) is 13.8. The Kier molecular flexibility index (Phi) is 4.02. The number of carboxylic acid groups (broad SMARTS) is 1. The van der Waals surface area contributed by atoms with Crippen LogP contribution in [0.25, 0.3) is 10.9 Å². The number of hydrogen-bond donors (Lipinski definition) is 2. The second-order valence-corrected chi connectivity index (χ2v) is 6.14. The Bertz CT molecular complexity index is 1080. The second-order valence-electron chi connectivity index (χ2n) is 6.14. The normalized spacial score (nSPS) is 13.7. The maximum absolute atomic E-state index is 13.9. The maximum Gasteiger partial charge on any atom is 0.311 e. The molecule has 1 aliphatic heterocycles. The molecule has 0 spiro atoms. The van der Waals surface area contributed by atoms with Gasteiger partial charge in [-0.2, -0.15) is 0 Å². The van der Waals surface area contributed by atoms with E-state index in [1.807, 2.05) is 0 Å². The summed E-state index contributed by atoms with van der Waals surface area (Å²) in [7, 11) is 0. The highest BCUT2D eigenvalue weighted by molar-refractivity contribution is 6.01. The second kappa shape index (κ2) is 6.39. The fraction of sp³-hybridized carbons (Fsp3) is 0.158. The molecular formula is C19H13F2NO5. The van der Waals surface area contributed by atoms with Gasteiger partial charge in [-0.15, -0.1) is 0 Å². The highest BCUT2D eigenvalue weighted by Gasteiger charge is 2.28. The van der Waals surface area contributed by atoms with E-state index in [-0.39, 0.29) is 12.4 Å². The number of hydrogen-bond acceptors (Lipinski definition) is 4. The molecule has 4 rings (SSSR count). The number of benzene rings is 2. The van der Waals surface area contributed by atoms with Crippen molar-refractivity contribution in [3.63, 3.8) is 0 Å². The number of H-pyrrole nitrogens is 1. The first-order valence-electron chi connectivity index (χ1n) is 8.05. The van der Waals surface area contributed by atoms with Gasteiger partial charge in [-0.25, -0.2) is 8.78 Å². The standard InChI is InChI=1S/C19H13F2NO5/c20-9-1-2-10(14(21)3-9)16(23)4-12(19(24)25)13-7-22-15-6-18-17(5-11(13)15)26-8-27-18/h1-3,5-7,12,22H,4,8H2,(H,24,25). The van der Waals surface area contributed by atoms with E-state index in [0.717, 1.165) is 12.1 Å². The average Bonchev–Trinajstić information content (AvgIpc) is 3.23. The van der Waals surface area contributed by atoms with E-state index in [1.54, 1.807) is 12.1 Å². The number of ether oxygens (including phenoxy) is 2. The van der Waals surface area contributed by atoms with E-state index in [0.29, 0.717) is 34.0 Å². The van der Waals surface area contributed by atoms with Crippen LogP contribution in [0, 0.1) is 11.6 Å². The van der Waals surface area contributed by atoms with Crippen LogP contribution >= 0.6 is 0 Å². The number of carbonyl (C=O) groups excluding carboxylic acids is 1. The first kappa shape index (κ1) is 17.0. The number of fused-ring (bicyclic) bond motifs is 2. The fourth-order valence-corrected chi connectivity index (χ4v) is 3.16. The van der Waals surface area contributed by atoms with Gasteiger partial charge in [0.1, 0.15) is 11.6 Å². The maximum atomic E-state index is 13.9. The zero-order valence-electron chi connectivity index (χ0n) is 13.8. The van der Waals surface area contributed by atoms with Gasteiger partial charge in [-0.05, 0) is 23.8 Å². The van der Waals surface area contributed by atoms with Crippen LogP contribution in [-0.4, -0.2) is 28.6 Å². The van der Waals surface area contributed by atoms with Gasteiger partial charge in [0.15, 0.2) is 17.3 Å². The molecule has 0 bridgehead atoms. The van der Waals surface area contributed by atoms with Crippen molar-refractivity contribution in [2.24, 2.45) is 0 Å². The molecule has 2 N–H and O–H groups in total. The van der Waals surface area contributed by atoms with Crippen molar-refractivity contribution in [1.29, 1.82) is 0 Å². The molecule has 2 heterocycles. The van der Waals surface area contributed by atoms with Crippen LogP contribution in [0.5, 0.6) is 11.5 Å². The van der Waals surface area contributed by atoms with Crippen LogP contribution in [0.3, 0.4) is 0 Å². The van der Waals surface area contributed by atoms with Crippen molar-refractivity contribution >= 4 is 22.7 Å². The topological polar surface area (TPSA) is 88.6 Å². The third-order valence-electron chi connectivity index (χ3n) is 4.50. The summed E-state index contributed by atoms with van der Waals surface area (Å²) in [6.45, 7) is 0.0714. The van der Waals surface area contributed by atoms with Gasteiger partial charge >= 0.3 is 5.97 Å². The molecule has 0 radical (unpaired) electrons.